The molecule has 1 amide bonds. The summed E-state index contributed by atoms with van der Waals surface area (Å²) in [5, 5.41) is 3.49. The van der Waals surface area contributed by atoms with Gasteiger partial charge in [-0.2, -0.15) is 5.10 Å². The monoisotopic (exact) mass is 329 g/mol. The molecule has 2 heterocycles. The van der Waals surface area contributed by atoms with E-state index >= 15 is 0 Å². The van der Waals surface area contributed by atoms with Gasteiger partial charge in [-0.25, -0.2) is 8.42 Å². The molecule has 112 valence electrons. The summed E-state index contributed by atoms with van der Waals surface area (Å²) in [6, 6.07) is 4.36. The molecule has 0 spiro atoms. The number of carbonyl (C=O) groups excluding carboxylic acids is 1. The zero-order chi connectivity index (χ0) is 15.0. The van der Waals surface area contributed by atoms with Crippen LogP contribution < -0.4 is 5.43 Å². The Bertz CT molecular complexity index is 726. The molecule has 21 heavy (non-hydrogen) atoms. The SMILES string of the molecule is O=C(C1=NNc2ccc(Cl)cc2S1(=O)=O)N1CCOCC1. The van der Waals surface area contributed by atoms with E-state index in [1.54, 1.807) is 6.07 Å². The van der Waals surface area contributed by atoms with Crippen LogP contribution in [0.15, 0.2) is 28.2 Å². The summed E-state index contributed by atoms with van der Waals surface area (Å²) in [5.41, 5.74) is 2.89. The molecule has 3 rings (SSSR count). The minimum Gasteiger partial charge on any atom is -0.378 e. The zero-order valence-corrected chi connectivity index (χ0v) is 12.4. The fraction of sp³-hybridized carbons (Fsp3) is 0.333. The van der Waals surface area contributed by atoms with Crippen molar-refractivity contribution in [2.45, 2.75) is 4.90 Å². The lowest BCUT2D eigenvalue weighted by Gasteiger charge is -2.28. The van der Waals surface area contributed by atoms with E-state index in [1.165, 1.54) is 17.0 Å². The van der Waals surface area contributed by atoms with Gasteiger partial charge in [-0.1, -0.05) is 11.6 Å². The van der Waals surface area contributed by atoms with Crippen LogP contribution in [0.25, 0.3) is 0 Å². The average Bonchev–Trinajstić information content (AvgIpc) is 2.48. The number of hydrogen-bond acceptors (Lipinski definition) is 6. The molecule has 9 heteroatoms. The van der Waals surface area contributed by atoms with Gasteiger partial charge in [-0.05, 0) is 18.2 Å². The number of nitrogens with zero attached hydrogens (tertiary/aromatic N) is 2. The number of hydrogen-bond donors (Lipinski definition) is 1. The molecule has 2 aliphatic rings. The number of fused-ring (bicyclic) bond motifs is 1. The zero-order valence-electron chi connectivity index (χ0n) is 10.9. The Labute approximate surface area is 126 Å². The Hall–Kier alpha value is -1.64. The minimum atomic E-state index is -3.98. The first-order valence-corrected chi connectivity index (χ1v) is 8.11. The summed E-state index contributed by atoms with van der Waals surface area (Å²) in [4.78, 5) is 13.7. The predicted octanol–water partition coefficient (Wildman–Crippen LogP) is 0.712. The van der Waals surface area contributed by atoms with Crippen LogP contribution >= 0.6 is 11.6 Å². The van der Waals surface area contributed by atoms with Gasteiger partial charge < -0.3 is 9.64 Å². The smallest absolute Gasteiger partial charge is 0.286 e. The van der Waals surface area contributed by atoms with Gasteiger partial charge in [-0.15, -0.1) is 0 Å². The number of halogens is 1. The highest BCUT2D eigenvalue weighted by molar-refractivity contribution is 8.08. The van der Waals surface area contributed by atoms with E-state index in [4.69, 9.17) is 16.3 Å². The molecule has 1 aromatic rings. The van der Waals surface area contributed by atoms with E-state index in [0.717, 1.165) is 0 Å². The quantitative estimate of drug-likeness (QED) is 0.820. The summed E-state index contributed by atoms with van der Waals surface area (Å²) >= 11 is 5.84. The molecule has 1 N–H and O–H groups in total. The maximum Gasteiger partial charge on any atom is 0.286 e. The number of ether oxygens (including phenoxy) is 1. The van der Waals surface area contributed by atoms with Crippen LogP contribution in [0.3, 0.4) is 0 Å². The lowest BCUT2D eigenvalue weighted by Crippen LogP contribution is -2.46. The van der Waals surface area contributed by atoms with Crippen LogP contribution in [0.5, 0.6) is 0 Å². The third kappa shape index (κ3) is 2.50. The van der Waals surface area contributed by atoms with Gasteiger partial charge in [0.2, 0.25) is 14.9 Å². The highest BCUT2D eigenvalue weighted by atomic mass is 35.5. The van der Waals surface area contributed by atoms with Crippen molar-refractivity contribution in [1.82, 2.24) is 4.90 Å². The molecule has 1 fully saturated rings. The van der Waals surface area contributed by atoms with Gasteiger partial charge in [0, 0.05) is 18.1 Å². The van der Waals surface area contributed by atoms with Crippen molar-refractivity contribution < 1.29 is 17.9 Å². The second-order valence-corrected chi connectivity index (χ2v) is 6.85. The molecule has 0 bridgehead atoms. The van der Waals surface area contributed by atoms with Gasteiger partial charge >= 0.3 is 0 Å². The predicted molar refractivity (Wildman–Crippen MR) is 77.1 cm³/mol. The van der Waals surface area contributed by atoms with Crippen LogP contribution in [0.1, 0.15) is 0 Å². The standard InChI is InChI=1S/C12H12ClN3O4S/c13-8-1-2-9-10(7-8)21(18,19)11(15-14-9)12(17)16-3-5-20-6-4-16/h1-2,7,14H,3-6H2. The van der Waals surface area contributed by atoms with Crippen molar-refractivity contribution in [3.8, 4) is 0 Å². The summed E-state index contributed by atoms with van der Waals surface area (Å²) in [6.07, 6.45) is 0. The van der Waals surface area contributed by atoms with Crippen molar-refractivity contribution >= 4 is 38.1 Å². The van der Waals surface area contributed by atoms with E-state index in [-0.39, 0.29) is 9.92 Å². The molecule has 0 aromatic heterocycles. The topological polar surface area (TPSA) is 88.1 Å². The number of amides is 1. The second kappa shape index (κ2) is 5.28. The molecule has 0 saturated carbocycles. The summed E-state index contributed by atoms with van der Waals surface area (Å²) in [6.45, 7) is 1.45. The fourth-order valence-corrected chi connectivity index (χ4v) is 3.81. The van der Waals surface area contributed by atoms with Gasteiger partial charge in [0.15, 0.2) is 0 Å². The number of nitrogens with one attached hydrogen (secondary N) is 1. The Morgan fingerprint density at radius 1 is 1.33 bits per heavy atom. The lowest BCUT2D eigenvalue weighted by molar-refractivity contribution is -0.127. The summed E-state index contributed by atoms with van der Waals surface area (Å²) in [5.74, 6) is -0.628. The van der Waals surface area contributed by atoms with Gasteiger partial charge in [0.25, 0.3) is 5.91 Å². The molecule has 0 aliphatic carbocycles. The van der Waals surface area contributed by atoms with Crippen molar-refractivity contribution in [3.05, 3.63) is 23.2 Å². The van der Waals surface area contributed by atoms with Crippen LogP contribution in [0.4, 0.5) is 5.69 Å². The number of carbonyl (C=O) groups is 1. The van der Waals surface area contributed by atoms with Crippen LogP contribution in [-0.2, 0) is 19.4 Å². The minimum absolute atomic E-state index is 0.0402. The molecule has 2 aliphatic heterocycles. The van der Waals surface area contributed by atoms with Gasteiger partial charge in [0.05, 0.1) is 18.9 Å². The Balaban J connectivity index is 1.98. The van der Waals surface area contributed by atoms with E-state index in [1.807, 2.05) is 0 Å². The first-order chi connectivity index (χ1) is 10.00. The van der Waals surface area contributed by atoms with Crippen molar-refractivity contribution in [1.29, 1.82) is 0 Å². The average molecular weight is 330 g/mol. The van der Waals surface area contributed by atoms with Crippen LogP contribution in [0, 0.1) is 0 Å². The maximum atomic E-state index is 12.5. The summed E-state index contributed by atoms with van der Waals surface area (Å²) < 4.78 is 30.2. The number of rotatable bonds is 1. The van der Waals surface area contributed by atoms with E-state index < -0.39 is 20.8 Å². The van der Waals surface area contributed by atoms with Crippen LogP contribution in [-0.4, -0.2) is 50.6 Å². The highest BCUT2D eigenvalue weighted by Crippen LogP contribution is 2.30. The second-order valence-electron chi connectivity index (χ2n) is 4.58. The normalized spacial score (nSPS) is 20.2. The van der Waals surface area contributed by atoms with Gasteiger partial charge in [-0.3, -0.25) is 10.2 Å². The Morgan fingerprint density at radius 2 is 2.05 bits per heavy atom. The largest absolute Gasteiger partial charge is 0.378 e. The van der Waals surface area contributed by atoms with Crippen molar-refractivity contribution in [2.75, 3.05) is 31.7 Å². The maximum absolute atomic E-state index is 12.5. The Morgan fingerprint density at radius 3 is 2.76 bits per heavy atom. The molecule has 0 atom stereocenters. The van der Waals surface area contributed by atoms with Gasteiger partial charge in [0.1, 0.15) is 4.90 Å². The first kappa shape index (κ1) is 14.3. The van der Waals surface area contributed by atoms with Crippen molar-refractivity contribution in [3.63, 3.8) is 0 Å². The lowest BCUT2D eigenvalue weighted by atomic mass is 10.3. The third-order valence-electron chi connectivity index (χ3n) is 3.25. The molecular weight excluding hydrogens is 318 g/mol. The van der Waals surface area contributed by atoms with Crippen LogP contribution in [0.2, 0.25) is 5.02 Å². The number of morpholine rings is 1. The molecular formula is C12H12ClN3O4S. The van der Waals surface area contributed by atoms with E-state index in [0.29, 0.717) is 32.0 Å². The fourth-order valence-electron chi connectivity index (χ4n) is 2.15. The first-order valence-electron chi connectivity index (χ1n) is 6.25. The van der Waals surface area contributed by atoms with Crippen molar-refractivity contribution in [2.24, 2.45) is 5.10 Å². The summed E-state index contributed by atoms with van der Waals surface area (Å²) in [7, 11) is -3.98. The molecule has 7 nitrogen and oxygen atoms in total. The number of anilines is 1. The third-order valence-corrected chi connectivity index (χ3v) is 5.17. The molecule has 0 unspecified atom stereocenters. The van der Waals surface area contributed by atoms with E-state index in [9.17, 15) is 13.2 Å². The number of sulfone groups is 1. The molecule has 1 aromatic carbocycles. The number of hydrazone groups is 1. The molecule has 1 saturated heterocycles. The number of benzene rings is 1. The Kier molecular flexibility index (Phi) is 3.60. The molecule has 0 radical (unpaired) electrons. The van der Waals surface area contributed by atoms with E-state index in [2.05, 4.69) is 10.5 Å². The highest BCUT2D eigenvalue weighted by Gasteiger charge is 2.37.